The molecule has 2 aromatic rings. The first-order valence-corrected chi connectivity index (χ1v) is 7.54. The first kappa shape index (κ1) is 14.7. The molecule has 0 saturated carbocycles. The molecule has 0 saturated heterocycles. The van der Waals surface area contributed by atoms with Crippen molar-refractivity contribution < 1.29 is 4.79 Å². The fourth-order valence-electron chi connectivity index (χ4n) is 2.60. The van der Waals surface area contributed by atoms with Crippen LogP contribution in [0.15, 0.2) is 48.5 Å². The summed E-state index contributed by atoms with van der Waals surface area (Å²) in [5.74, 6) is 0. The largest absolute Gasteiger partial charge is 0.377 e. The number of halogens is 1. The van der Waals surface area contributed by atoms with Crippen molar-refractivity contribution in [2.24, 2.45) is 0 Å². The first-order chi connectivity index (χ1) is 10.4. The normalized spacial score (nSPS) is 15.7. The predicted molar refractivity (Wildman–Crippen MR) is 92.0 cm³/mol. The van der Waals surface area contributed by atoms with Gasteiger partial charge in [-0.2, -0.15) is 0 Å². The Balaban J connectivity index is 1.87. The highest BCUT2D eigenvalue weighted by atomic mass is 35.5. The summed E-state index contributed by atoms with van der Waals surface area (Å²) in [6.45, 7) is 4.74. The zero-order valence-electron chi connectivity index (χ0n) is 12.6. The van der Waals surface area contributed by atoms with Crippen LogP contribution in [0.1, 0.15) is 13.8 Å². The van der Waals surface area contributed by atoms with Gasteiger partial charge >= 0.3 is 6.03 Å². The molecule has 2 aromatic carbocycles. The zero-order valence-corrected chi connectivity index (χ0v) is 13.3. The summed E-state index contributed by atoms with van der Waals surface area (Å²) >= 11 is 5.87. The molecule has 5 heteroatoms. The van der Waals surface area contributed by atoms with Gasteiger partial charge < -0.3 is 10.6 Å². The van der Waals surface area contributed by atoms with Gasteiger partial charge in [0.25, 0.3) is 0 Å². The quantitative estimate of drug-likeness (QED) is 0.809. The molecule has 114 valence electrons. The van der Waals surface area contributed by atoms with E-state index in [1.165, 1.54) is 0 Å². The van der Waals surface area contributed by atoms with Crippen LogP contribution >= 0.6 is 11.6 Å². The molecule has 0 bridgehead atoms. The smallest absolute Gasteiger partial charge is 0.326 e. The number of rotatable bonds is 1. The van der Waals surface area contributed by atoms with Gasteiger partial charge in [0, 0.05) is 16.2 Å². The molecule has 1 aliphatic rings. The second-order valence-corrected chi connectivity index (χ2v) is 6.49. The van der Waals surface area contributed by atoms with Gasteiger partial charge in [-0.25, -0.2) is 4.79 Å². The monoisotopic (exact) mass is 315 g/mol. The second kappa shape index (κ2) is 5.54. The minimum Gasteiger partial charge on any atom is -0.377 e. The lowest BCUT2D eigenvalue weighted by atomic mass is 9.99. The van der Waals surface area contributed by atoms with Crippen LogP contribution in [0.5, 0.6) is 0 Å². The van der Waals surface area contributed by atoms with Crippen LogP contribution in [0.2, 0.25) is 5.02 Å². The van der Waals surface area contributed by atoms with Crippen LogP contribution in [-0.2, 0) is 0 Å². The third-order valence-electron chi connectivity index (χ3n) is 3.56. The summed E-state index contributed by atoms with van der Waals surface area (Å²) in [5, 5.41) is 7.02. The maximum atomic E-state index is 12.7. The zero-order chi connectivity index (χ0) is 15.7. The number of carbonyl (C=O) groups excluding carboxylic acids is 1. The summed E-state index contributed by atoms with van der Waals surface area (Å²) in [5.41, 5.74) is 2.38. The van der Waals surface area contributed by atoms with Gasteiger partial charge in [0.2, 0.25) is 0 Å². The highest BCUT2D eigenvalue weighted by Gasteiger charge is 2.32. The van der Waals surface area contributed by atoms with E-state index in [0.29, 0.717) is 11.6 Å². The molecule has 0 spiro atoms. The van der Waals surface area contributed by atoms with E-state index in [9.17, 15) is 4.79 Å². The van der Waals surface area contributed by atoms with E-state index >= 15 is 0 Å². The average molecular weight is 316 g/mol. The topological polar surface area (TPSA) is 44.4 Å². The number of carbonyl (C=O) groups is 1. The number of hydrogen-bond acceptors (Lipinski definition) is 2. The second-order valence-electron chi connectivity index (χ2n) is 6.05. The van der Waals surface area contributed by atoms with Gasteiger partial charge in [-0.05, 0) is 50.2 Å². The maximum Gasteiger partial charge on any atom is 0.326 e. The Bertz CT molecular complexity index is 697. The van der Waals surface area contributed by atoms with Crippen LogP contribution in [0, 0.1) is 0 Å². The van der Waals surface area contributed by atoms with Crippen molar-refractivity contribution in [1.82, 2.24) is 0 Å². The van der Waals surface area contributed by atoms with Gasteiger partial charge in [0.05, 0.1) is 17.9 Å². The van der Waals surface area contributed by atoms with E-state index in [1.54, 1.807) is 29.2 Å². The lowest BCUT2D eigenvalue weighted by Crippen LogP contribution is -2.51. The Hall–Kier alpha value is -2.20. The van der Waals surface area contributed by atoms with Crippen molar-refractivity contribution in [2.75, 3.05) is 22.1 Å². The van der Waals surface area contributed by atoms with Crippen molar-refractivity contribution >= 4 is 34.7 Å². The Labute approximate surface area is 135 Å². The molecule has 0 fully saturated rings. The number of urea groups is 1. The maximum absolute atomic E-state index is 12.7. The van der Waals surface area contributed by atoms with Crippen LogP contribution in [0.4, 0.5) is 21.9 Å². The van der Waals surface area contributed by atoms with Gasteiger partial charge in [0.1, 0.15) is 0 Å². The predicted octanol–water partition coefficient (Wildman–Crippen LogP) is 4.58. The SMILES string of the molecule is CC1(C)CN(C(=O)Nc2ccc(Cl)cc2)c2ccccc2N1. The van der Waals surface area contributed by atoms with E-state index in [4.69, 9.17) is 11.6 Å². The fraction of sp³-hybridized carbons (Fsp3) is 0.235. The molecule has 3 rings (SSSR count). The standard InChI is InChI=1S/C17H18ClN3O/c1-17(2)11-21(15-6-4-3-5-14(15)20-17)16(22)19-13-9-7-12(18)8-10-13/h3-10,20H,11H2,1-2H3,(H,19,22). The van der Waals surface area contributed by atoms with Gasteiger partial charge in [-0.15, -0.1) is 0 Å². The molecule has 4 nitrogen and oxygen atoms in total. The van der Waals surface area contributed by atoms with Crippen molar-refractivity contribution in [2.45, 2.75) is 19.4 Å². The Morgan fingerprint density at radius 3 is 2.59 bits per heavy atom. The number of benzene rings is 2. The number of nitrogens with zero attached hydrogens (tertiary/aromatic N) is 1. The van der Waals surface area contributed by atoms with E-state index in [1.807, 2.05) is 24.3 Å². The summed E-state index contributed by atoms with van der Waals surface area (Å²) in [7, 11) is 0. The Morgan fingerprint density at radius 1 is 1.18 bits per heavy atom. The summed E-state index contributed by atoms with van der Waals surface area (Å²) in [4.78, 5) is 14.4. The molecule has 2 amide bonds. The van der Waals surface area contributed by atoms with Gasteiger partial charge in [-0.1, -0.05) is 23.7 Å². The highest BCUT2D eigenvalue weighted by molar-refractivity contribution is 6.30. The molecule has 1 aliphatic heterocycles. The van der Waals surface area contributed by atoms with Crippen molar-refractivity contribution in [3.63, 3.8) is 0 Å². The summed E-state index contributed by atoms with van der Waals surface area (Å²) < 4.78 is 0. The summed E-state index contributed by atoms with van der Waals surface area (Å²) in [6.07, 6.45) is 0. The summed E-state index contributed by atoms with van der Waals surface area (Å²) in [6, 6.07) is 14.8. The van der Waals surface area contributed by atoms with E-state index < -0.39 is 0 Å². The number of amides is 2. The van der Waals surface area contributed by atoms with Crippen LogP contribution in [0.25, 0.3) is 0 Å². The van der Waals surface area contributed by atoms with Crippen molar-refractivity contribution in [1.29, 1.82) is 0 Å². The van der Waals surface area contributed by atoms with Gasteiger partial charge in [-0.3, -0.25) is 4.90 Å². The number of fused-ring (bicyclic) bond motifs is 1. The van der Waals surface area contributed by atoms with E-state index in [-0.39, 0.29) is 11.6 Å². The fourth-order valence-corrected chi connectivity index (χ4v) is 2.73. The molecular formula is C17H18ClN3O. The third kappa shape index (κ3) is 3.02. The van der Waals surface area contributed by atoms with Crippen LogP contribution in [0.3, 0.4) is 0 Å². The van der Waals surface area contributed by atoms with Gasteiger partial charge in [0.15, 0.2) is 0 Å². The molecule has 0 radical (unpaired) electrons. The minimum absolute atomic E-state index is 0.149. The Morgan fingerprint density at radius 2 is 1.86 bits per heavy atom. The van der Waals surface area contributed by atoms with Crippen molar-refractivity contribution in [3.05, 3.63) is 53.6 Å². The minimum atomic E-state index is -0.189. The molecular weight excluding hydrogens is 298 g/mol. The van der Waals surface area contributed by atoms with E-state index in [2.05, 4.69) is 24.5 Å². The number of nitrogens with one attached hydrogen (secondary N) is 2. The molecule has 0 aromatic heterocycles. The van der Waals surface area contributed by atoms with E-state index in [0.717, 1.165) is 17.1 Å². The molecule has 22 heavy (non-hydrogen) atoms. The first-order valence-electron chi connectivity index (χ1n) is 7.16. The van der Waals surface area contributed by atoms with Crippen LogP contribution in [-0.4, -0.2) is 18.1 Å². The number of anilines is 3. The third-order valence-corrected chi connectivity index (χ3v) is 3.81. The lowest BCUT2D eigenvalue weighted by molar-refractivity contribution is 0.255. The molecule has 1 heterocycles. The Kier molecular flexibility index (Phi) is 3.71. The number of para-hydroxylation sites is 2. The van der Waals surface area contributed by atoms with Crippen molar-refractivity contribution in [3.8, 4) is 0 Å². The number of hydrogen-bond donors (Lipinski definition) is 2. The molecule has 2 N–H and O–H groups in total. The molecule has 0 atom stereocenters. The molecule has 0 unspecified atom stereocenters. The van der Waals surface area contributed by atoms with Crippen LogP contribution < -0.4 is 15.5 Å². The molecule has 0 aliphatic carbocycles. The highest BCUT2D eigenvalue weighted by Crippen LogP contribution is 2.34. The lowest BCUT2D eigenvalue weighted by Gasteiger charge is -2.40. The average Bonchev–Trinajstić information content (AvgIpc) is 2.47.